The highest BCUT2D eigenvalue weighted by molar-refractivity contribution is 8.00. The summed E-state index contributed by atoms with van der Waals surface area (Å²) in [5.41, 5.74) is 3.63. The van der Waals surface area contributed by atoms with E-state index in [1.54, 1.807) is 19.1 Å². The van der Waals surface area contributed by atoms with Crippen LogP contribution in [0.4, 0.5) is 5.13 Å². The average Bonchev–Trinajstić information content (AvgIpc) is 3.63. The molecule has 1 aliphatic rings. The number of aromatic nitrogens is 4. The molecule has 1 saturated heterocycles. The molecule has 2 aromatic carbocycles. The van der Waals surface area contributed by atoms with Gasteiger partial charge in [-0.1, -0.05) is 65.0 Å². The lowest BCUT2D eigenvalue weighted by molar-refractivity contribution is -0.132. The van der Waals surface area contributed by atoms with Crippen molar-refractivity contribution in [1.29, 1.82) is 0 Å². The molecular weight excluding hydrogens is 582 g/mol. The van der Waals surface area contributed by atoms with Crippen molar-refractivity contribution in [2.75, 3.05) is 4.90 Å². The second-order valence-corrected chi connectivity index (χ2v) is 12.1. The van der Waals surface area contributed by atoms with E-state index in [1.165, 1.54) is 28.8 Å². The fourth-order valence-corrected chi connectivity index (χ4v) is 6.75. The van der Waals surface area contributed by atoms with Crippen LogP contribution in [0.5, 0.6) is 5.75 Å². The summed E-state index contributed by atoms with van der Waals surface area (Å²) in [7, 11) is 0. The largest absolute Gasteiger partial charge is 0.508 e. The van der Waals surface area contributed by atoms with Gasteiger partial charge >= 0.3 is 5.91 Å². The number of carbonyl (C=O) groups excluding carboxylic acids is 2. The molecule has 0 aliphatic carbocycles. The number of amides is 1. The molecule has 12 heteroatoms. The van der Waals surface area contributed by atoms with E-state index in [9.17, 15) is 19.8 Å². The highest BCUT2D eigenvalue weighted by Gasteiger charge is 2.49. The van der Waals surface area contributed by atoms with Crippen molar-refractivity contribution >= 4 is 62.9 Å². The molecule has 1 unspecified atom stereocenters. The highest BCUT2D eigenvalue weighted by atomic mass is 35.5. The van der Waals surface area contributed by atoms with Crippen LogP contribution in [0.15, 0.2) is 76.8 Å². The number of hydrogen-bond acceptors (Lipinski definition) is 9. The summed E-state index contributed by atoms with van der Waals surface area (Å²) in [5, 5.41) is 31.1. The first-order chi connectivity index (χ1) is 19.7. The van der Waals surface area contributed by atoms with Crippen LogP contribution in [-0.4, -0.2) is 41.5 Å². The predicted molar refractivity (Wildman–Crippen MR) is 158 cm³/mol. The number of phenolic OH excluding ortho intramolecular Hbond substituents is 1. The number of hydrogen-bond donors (Lipinski definition) is 2. The van der Waals surface area contributed by atoms with Gasteiger partial charge < -0.3 is 14.6 Å². The highest BCUT2D eigenvalue weighted by Crippen LogP contribution is 2.44. The minimum atomic E-state index is -1.06. The maximum atomic E-state index is 13.5. The Labute approximate surface area is 247 Å². The Bertz CT molecular complexity index is 1860. The number of thioether (sulfide) groups is 1. The van der Waals surface area contributed by atoms with Crippen LogP contribution in [0.2, 0.25) is 5.02 Å². The van der Waals surface area contributed by atoms with Gasteiger partial charge in [0.1, 0.15) is 17.1 Å². The number of aromatic hydroxyl groups is 1. The smallest absolute Gasteiger partial charge is 0.301 e. The molecule has 0 radical (unpaired) electrons. The topological polar surface area (TPSA) is 121 Å². The number of Topliss-reactive ketones (excluding diaryl/α,β-unsaturated/α-hetero) is 1. The van der Waals surface area contributed by atoms with Crippen LogP contribution in [0.25, 0.3) is 11.4 Å². The van der Waals surface area contributed by atoms with Crippen molar-refractivity contribution in [1.82, 2.24) is 19.6 Å². The van der Waals surface area contributed by atoms with E-state index in [-0.39, 0.29) is 22.1 Å². The molecule has 0 bridgehead atoms. The maximum Gasteiger partial charge on any atom is 0.301 e. The molecule has 9 nitrogen and oxygen atoms in total. The fraction of sp³-hybridized carbons (Fsp3) is 0.138. The zero-order valence-corrected chi connectivity index (χ0v) is 24.2. The first-order valence-corrected chi connectivity index (χ1v) is 14.7. The number of fused-ring (bicyclic) bond motifs is 1. The normalized spacial score (nSPS) is 16.7. The van der Waals surface area contributed by atoms with Crippen LogP contribution < -0.4 is 4.90 Å². The Kier molecular flexibility index (Phi) is 7.02. The number of ketones is 1. The van der Waals surface area contributed by atoms with Crippen molar-refractivity contribution in [3.63, 3.8) is 0 Å². The van der Waals surface area contributed by atoms with E-state index >= 15 is 0 Å². The molecule has 2 N–H and O–H groups in total. The van der Waals surface area contributed by atoms with Crippen molar-refractivity contribution < 1.29 is 19.8 Å². The Hall–Kier alpha value is -4.19. The lowest BCUT2D eigenvalue weighted by Gasteiger charge is -2.22. The van der Waals surface area contributed by atoms with E-state index in [1.807, 2.05) is 53.9 Å². The van der Waals surface area contributed by atoms with Gasteiger partial charge in [-0.05, 0) is 60.9 Å². The summed E-state index contributed by atoms with van der Waals surface area (Å²) in [6.07, 6.45) is 1.82. The lowest BCUT2D eigenvalue weighted by atomic mass is 9.96. The Morgan fingerprint density at radius 1 is 1.07 bits per heavy atom. The molecule has 4 heterocycles. The molecule has 1 amide bonds. The van der Waals surface area contributed by atoms with E-state index < -0.39 is 23.5 Å². The van der Waals surface area contributed by atoms with Gasteiger partial charge in [0, 0.05) is 17.0 Å². The minimum Gasteiger partial charge on any atom is -0.508 e. The standard InChI is InChI=1S/C29H22ClN5O4S2/c1-15-5-4-12-34-16(2)22(31-26(15)34)24(37)21-23(18-6-3-7-20(36)13-18)35(27(39)25(21)38)28-32-33-29(41-28)40-14-17-8-10-19(30)11-9-17/h3-13,23,36-37H,14H2,1-2H3. The minimum absolute atomic E-state index is 0.0518. The molecule has 1 atom stereocenters. The molecule has 5 aromatic rings. The van der Waals surface area contributed by atoms with Gasteiger partial charge in [0.15, 0.2) is 10.1 Å². The Morgan fingerprint density at radius 3 is 2.59 bits per heavy atom. The second kappa shape index (κ2) is 10.7. The molecular formula is C29H22ClN5O4S2. The monoisotopic (exact) mass is 603 g/mol. The summed E-state index contributed by atoms with van der Waals surface area (Å²) >= 11 is 8.57. The fourth-order valence-electron chi connectivity index (χ4n) is 4.80. The van der Waals surface area contributed by atoms with Gasteiger partial charge in [0.2, 0.25) is 5.13 Å². The van der Waals surface area contributed by atoms with Crippen LogP contribution >= 0.6 is 34.7 Å². The number of aryl methyl sites for hydroxylation is 2. The van der Waals surface area contributed by atoms with Gasteiger partial charge in [-0.3, -0.25) is 14.5 Å². The van der Waals surface area contributed by atoms with Crippen molar-refractivity contribution in [2.24, 2.45) is 0 Å². The van der Waals surface area contributed by atoms with Gasteiger partial charge in [-0.2, -0.15) is 0 Å². The number of aliphatic hydroxyl groups excluding tert-OH is 1. The molecule has 41 heavy (non-hydrogen) atoms. The molecule has 0 saturated carbocycles. The van der Waals surface area contributed by atoms with E-state index in [0.29, 0.717) is 32.0 Å². The Balaban J connectivity index is 1.43. The molecule has 6 rings (SSSR count). The molecule has 1 fully saturated rings. The van der Waals surface area contributed by atoms with E-state index in [4.69, 9.17) is 11.6 Å². The third kappa shape index (κ3) is 4.86. The first kappa shape index (κ1) is 27.0. The number of benzene rings is 2. The van der Waals surface area contributed by atoms with Gasteiger partial charge in [-0.15, -0.1) is 10.2 Å². The number of aliphatic hydroxyl groups is 1. The summed E-state index contributed by atoms with van der Waals surface area (Å²) in [5.74, 6) is -1.59. The molecule has 0 spiro atoms. The Morgan fingerprint density at radius 2 is 1.85 bits per heavy atom. The summed E-state index contributed by atoms with van der Waals surface area (Å²) in [6.45, 7) is 3.68. The average molecular weight is 604 g/mol. The number of halogens is 1. The molecule has 3 aromatic heterocycles. The van der Waals surface area contributed by atoms with E-state index in [0.717, 1.165) is 22.5 Å². The van der Waals surface area contributed by atoms with E-state index in [2.05, 4.69) is 15.2 Å². The quantitative estimate of drug-likeness (QED) is 0.0787. The van der Waals surface area contributed by atoms with Crippen LogP contribution in [0.3, 0.4) is 0 Å². The third-order valence-corrected chi connectivity index (χ3v) is 9.20. The van der Waals surface area contributed by atoms with Crippen LogP contribution in [0.1, 0.15) is 34.1 Å². The SMILES string of the molecule is Cc1cccn2c(C)c(C(O)=C3C(=O)C(=O)N(c4nnc(SCc5ccc(Cl)cc5)s4)C3c3cccc(O)c3)nc12. The number of phenols is 1. The summed E-state index contributed by atoms with van der Waals surface area (Å²) in [6, 6.07) is 16.4. The zero-order chi connectivity index (χ0) is 28.8. The lowest BCUT2D eigenvalue weighted by Crippen LogP contribution is -2.29. The predicted octanol–water partition coefficient (Wildman–Crippen LogP) is 6.08. The summed E-state index contributed by atoms with van der Waals surface area (Å²) < 4.78 is 2.41. The zero-order valence-electron chi connectivity index (χ0n) is 21.8. The molecule has 206 valence electrons. The van der Waals surface area contributed by atoms with Gasteiger partial charge in [0.25, 0.3) is 5.78 Å². The van der Waals surface area contributed by atoms with Crippen LogP contribution in [0, 0.1) is 13.8 Å². The number of rotatable bonds is 6. The van der Waals surface area contributed by atoms with Crippen LogP contribution in [-0.2, 0) is 15.3 Å². The number of anilines is 1. The van der Waals surface area contributed by atoms with Crippen molar-refractivity contribution in [2.45, 2.75) is 30.0 Å². The number of imidazole rings is 1. The third-order valence-electron chi connectivity index (χ3n) is 6.82. The maximum absolute atomic E-state index is 13.5. The second-order valence-electron chi connectivity index (χ2n) is 9.46. The summed E-state index contributed by atoms with van der Waals surface area (Å²) in [4.78, 5) is 32.9. The van der Waals surface area contributed by atoms with Crippen molar-refractivity contribution in [3.05, 3.63) is 106 Å². The van der Waals surface area contributed by atoms with Gasteiger partial charge in [-0.25, -0.2) is 4.98 Å². The van der Waals surface area contributed by atoms with Crippen molar-refractivity contribution in [3.8, 4) is 5.75 Å². The number of nitrogens with zero attached hydrogens (tertiary/aromatic N) is 5. The number of pyridine rings is 1. The van der Waals surface area contributed by atoms with Gasteiger partial charge in [0.05, 0.1) is 17.3 Å². The number of carbonyl (C=O) groups is 2. The first-order valence-electron chi connectivity index (χ1n) is 12.5. The molecule has 1 aliphatic heterocycles.